The summed E-state index contributed by atoms with van der Waals surface area (Å²) in [7, 11) is 0. The van der Waals surface area contributed by atoms with Gasteiger partial charge >= 0.3 is 0 Å². The molecule has 3 fully saturated rings. The average Bonchev–Trinajstić information content (AvgIpc) is 3.93. The third-order valence-electron chi connectivity index (χ3n) is 10.2. The molecule has 3 saturated heterocycles. The number of aromatic amines is 1. The van der Waals surface area contributed by atoms with Gasteiger partial charge in [0.05, 0.1) is 35.9 Å². The summed E-state index contributed by atoms with van der Waals surface area (Å²) in [6.07, 6.45) is 9.70. The van der Waals surface area contributed by atoms with Crippen molar-refractivity contribution in [1.82, 2.24) is 34.9 Å². The Kier molecular flexibility index (Phi) is 7.87. The number of allylic oxidation sites excluding steroid dienone is 1. The number of carbonyl (C=O) groups excluding carboxylic acids is 2. The molecule has 2 N–H and O–H groups in total. The molecule has 248 valence electrons. The molecule has 6 heterocycles. The number of anilines is 2. The van der Waals surface area contributed by atoms with Gasteiger partial charge in [-0.05, 0) is 80.4 Å². The van der Waals surface area contributed by atoms with Gasteiger partial charge in [-0.15, -0.1) is 6.58 Å². The molecule has 0 aliphatic carbocycles. The van der Waals surface area contributed by atoms with E-state index in [1.165, 1.54) is 12.4 Å². The maximum absolute atomic E-state index is 13.9. The van der Waals surface area contributed by atoms with E-state index in [-0.39, 0.29) is 30.4 Å². The highest BCUT2D eigenvalue weighted by Crippen LogP contribution is 2.38. The predicted molar refractivity (Wildman–Crippen MR) is 185 cm³/mol. The van der Waals surface area contributed by atoms with Crippen LogP contribution < -0.4 is 10.2 Å². The molecule has 1 unspecified atom stereocenters. The number of halogens is 1. The van der Waals surface area contributed by atoms with Crippen LogP contribution in [0.15, 0.2) is 92.0 Å². The summed E-state index contributed by atoms with van der Waals surface area (Å²) < 4.78 is 13.2. The molecule has 3 aromatic heterocycles. The van der Waals surface area contributed by atoms with Crippen LogP contribution in [0.3, 0.4) is 0 Å². The summed E-state index contributed by atoms with van der Waals surface area (Å²) >= 11 is 0. The molecule has 2 bridgehead atoms. The second-order valence-corrected chi connectivity index (χ2v) is 13.3. The van der Waals surface area contributed by atoms with E-state index in [1.807, 2.05) is 59.5 Å². The fraction of sp³-hybridized carbons (Fsp3) is 0.297. The summed E-state index contributed by atoms with van der Waals surface area (Å²) in [6.45, 7) is 6.85. The van der Waals surface area contributed by atoms with Crippen LogP contribution in [-0.4, -0.2) is 91.6 Å². The third kappa shape index (κ3) is 5.82. The normalized spacial score (nSPS) is 21.8. The number of aromatic nitrogens is 5. The zero-order valence-corrected chi connectivity index (χ0v) is 26.9. The molecule has 12 heteroatoms. The predicted octanol–water partition coefficient (Wildman–Crippen LogP) is 4.92. The van der Waals surface area contributed by atoms with Gasteiger partial charge < -0.3 is 15.1 Å². The average molecular weight is 658 g/mol. The van der Waals surface area contributed by atoms with Crippen LogP contribution in [0, 0.1) is 11.2 Å². The molecule has 3 aliphatic heterocycles. The first-order valence-corrected chi connectivity index (χ1v) is 16.6. The van der Waals surface area contributed by atoms with Gasteiger partial charge in [-0.3, -0.25) is 24.6 Å². The lowest BCUT2D eigenvalue weighted by Gasteiger charge is -2.36. The van der Waals surface area contributed by atoms with Crippen molar-refractivity contribution in [3.8, 4) is 22.6 Å². The van der Waals surface area contributed by atoms with E-state index in [9.17, 15) is 14.0 Å². The van der Waals surface area contributed by atoms with Crippen molar-refractivity contribution < 1.29 is 14.0 Å². The SMILES string of the molecule is C=CCC1(C(=O)Nc2ccc3[nH]nc(-c4ccncc4)c3c2)CCN(CC(=O)N2C[C@@H]3C[C@H]2CN3c2ccc(-c3ncc(F)cn3)cc2)C1. The van der Waals surface area contributed by atoms with Crippen molar-refractivity contribution in [3.05, 3.63) is 97.9 Å². The maximum Gasteiger partial charge on any atom is 0.237 e. The van der Waals surface area contributed by atoms with Crippen LogP contribution in [0.1, 0.15) is 19.3 Å². The Bertz CT molecular complexity index is 2020. The molecule has 5 aromatic rings. The number of hydrogen-bond donors (Lipinski definition) is 2. The number of likely N-dealkylation sites (tertiary alicyclic amines) is 2. The number of nitrogens with one attached hydrogen (secondary N) is 2. The Labute approximate surface area is 282 Å². The minimum absolute atomic E-state index is 0.0662. The van der Waals surface area contributed by atoms with Crippen LogP contribution in [0.25, 0.3) is 33.5 Å². The molecule has 0 spiro atoms. The molecule has 2 amide bonds. The van der Waals surface area contributed by atoms with Gasteiger partial charge in [0, 0.05) is 66.0 Å². The lowest BCUT2D eigenvalue weighted by molar-refractivity contribution is -0.134. The summed E-state index contributed by atoms with van der Waals surface area (Å²) in [5.74, 6) is 0.0638. The minimum Gasteiger partial charge on any atom is -0.365 e. The summed E-state index contributed by atoms with van der Waals surface area (Å²) in [6, 6.07) is 17.9. The Balaban J connectivity index is 0.892. The zero-order valence-electron chi connectivity index (χ0n) is 26.9. The highest BCUT2D eigenvalue weighted by Gasteiger charge is 2.47. The fourth-order valence-corrected chi connectivity index (χ4v) is 7.73. The molecule has 8 rings (SSSR count). The number of pyridine rings is 1. The molecule has 3 atom stereocenters. The molecular weight excluding hydrogens is 621 g/mol. The Morgan fingerprint density at radius 1 is 1.02 bits per heavy atom. The monoisotopic (exact) mass is 657 g/mol. The smallest absolute Gasteiger partial charge is 0.237 e. The van der Waals surface area contributed by atoms with Crippen LogP contribution in [0.5, 0.6) is 0 Å². The quantitative estimate of drug-likeness (QED) is 0.214. The molecule has 0 saturated carbocycles. The van der Waals surface area contributed by atoms with E-state index >= 15 is 0 Å². The van der Waals surface area contributed by atoms with Crippen LogP contribution in [-0.2, 0) is 9.59 Å². The van der Waals surface area contributed by atoms with Crippen LogP contribution in [0.2, 0.25) is 0 Å². The Morgan fingerprint density at radius 3 is 2.55 bits per heavy atom. The number of carbonyl (C=O) groups is 2. The molecule has 3 aliphatic rings. The number of benzene rings is 2. The Hall–Kier alpha value is -5.49. The van der Waals surface area contributed by atoms with Gasteiger partial charge in [0.2, 0.25) is 11.8 Å². The van der Waals surface area contributed by atoms with Gasteiger partial charge in [-0.25, -0.2) is 14.4 Å². The summed E-state index contributed by atoms with van der Waals surface area (Å²) in [4.78, 5) is 46.3. The number of fused-ring (bicyclic) bond motifs is 3. The Morgan fingerprint density at radius 2 is 1.82 bits per heavy atom. The second-order valence-electron chi connectivity index (χ2n) is 13.3. The standard InChI is InChI=1S/C37H36FN9O2/c1-2-11-37(36(49)42-27-5-8-32-31(16-27)34(44-43-32)24-9-13-39-14-10-24)12-15-45(23-37)22-33(48)47-21-29-17-30(47)20-46(29)28-6-3-25(4-7-28)35-40-18-26(38)19-41-35/h2-10,13-14,16,18-19,29-30H,1,11-12,15,17,20-23H2,(H,42,49)(H,43,44)/t29-,30-,37?/m0/s1. The number of piperazine rings is 1. The van der Waals surface area contributed by atoms with Gasteiger partial charge in [0.25, 0.3) is 0 Å². The first-order chi connectivity index (χ1) is 23.9. The van der Waals surface area contributed by atoms with E-state index in [0.29, 0.717) is 44.0 Å². The molecular formula is C37H36FN9O2. The molecule has 49 heavy (non-hydrogen) atoms. The first-order valence-electron chi connectivity index (χ1n) is 16.6. The van der Waals surface area contributed by atoms with Crippen molar-refractivity contribution in [1.29, 1.82) is 0 Å². The lowest BCUT2D eigenvalue weighted by atomic mass is 9.82. The van der Waals surface area contributed by atoms with Crippen LogP contribution >= 0.6 is 0 Å². The van der Waals surface area contributed by atoms with Crippen molar-refractivity contribution >= 4 is 34.1 Å². The van der Waals surface area contributed by atoms with E-state index < -0.39 is 11.2 Å². The van der Waals surface area contributed by atoms with Gasteiger partial charge in [0.1, 0.15) is 5.69 Å². The maximum atomic E-state index is 13.9. The van der Waals surface area contributed by atoms with Crippen LogP contribution in [0.4, 0.5) is 15.8 Å². The number of amides is 2. The number of nitrogens with zero attached hydrogens (tertiary/aromatic N) is 7. The van der Waals surface area contributed by atoms with Crippen molar-refractivity contribution in [2.24, 2.45) is 5.41 Å². The zero-order chi connectivity index (χ0) is 33.5. The summed E-state index contributed by atoms with van der Waals surface area (Å²) in [5, 5.41) is 11.6. The summed E-state index contributed by atoms with van der Waals surface area (Å²) in [5.41, 5.74) is 4.56. The molecule has 11 nitrogen and oxygen atoms in total. The van der Waals surface area contributed by atoms with E-state index in [2.05, 4.69) is 46.8 Å². The van der Waals surface area contributed by atoms with E-state index in [1.54, 1.807) is 18.5 Å². The number of hydrogen-bond acceptors (Lipinski definition) is 8. The largest absolute Gasteiger partial charge is 0.365 e. The van der Waals surface area contributed by atoms with Gasteiger partial charge in [0.15, 0.2) is 11.6 Å². The minimum atomic E-state index is -0.673. The second kappa shape index (κ2) is 12.5. The van der Waals surface area contributed by atoms with Crippen molar-refractivity contribution in [2.75, 3.05) is 42.9 Å². The molecule has 2 aromatic carbocycles. The highest BCUT2D eigenvalue weighted by atomic mass is 19.1. The van der Waals surface area contributed by atoms with Crippen molar-refractivity contribution in [3.63, 3.8) is 0 Å². The lowest BCUT2D eigenvalue weighted by Crippen LogP contribution is -2.51. The molecule has 0 radical (unpaired) electrons. The number of H-pyrrole nitrogens is 1. The van der Waals surface area contributed by atoms with E-state index in [4.69, 9.17) is 0 Å². The van der Waals surface area contributed by atoms with Gasteiger partial charge in [-0.2, -0.15) is 5.10 Å². The number of rotatable bonds is 9. The van der Waals surface area contributed by atoms with Crippen molar-refractivity contribution in [2.45, 2.75) is 31.3 Å². The highest BCUT2D eigenvalue weighted by molar-refractivity contribution is 6.00. The third-order valence-corrected chi connectivity index (χ3v) is 10.2. The first kappa shape index (κ1) is 30.8. The van der Waals surface area contributed by atoms with E-state index in [0.717, 1.165) is 46.4 Å². The fourth-order valence-electron chi connectivity index (χ4n) is 7.73. The van der Waals surface area contributed by atoms with Gasteiger partial charge in [-0.1, -0.05) is 6.08 Å². The topological polar surface area (TPSA) is 123 Å².